The van der Waals surface area contributed by atoms with Crippen LogP contribution in [0, 0.1) is 0 Å². The third-order valence-electron chi connectivity index (χ3n) is 10.8. The highest BCUT2D eigenvalue weighted by molar-refractivity contribution is 6.32. The number of benzene rings is 9. The van der Waals surface area contributed by atoms with Crippen molar-refractivity contribution >= 4 is 71.7 Å². The van der Waals surface area contributed by atoms with Gasteiger partial charge in [0.05, 0.1) is 5.69 Å². The first kappa shape index (κ1) is 31.2. The van der Waals surface area contributed by atoms with E-state index < -0.39 is 0 Å². The van der Waals surface area contributed by atoms with Gasteiger partial charge in [-0.2, -0.15) is 0 Å². The standard InChI is InChI=1S/C52H33NO2/c1-4-14-34(15-5-1)37-24-27-41(28-25-37)53(42-31-39(35-16-6-2-7-17-35)30-40(32-42)36-18-8-3-9-19-36)45-33-48-51(50-44-22-12-13-23-46(44)55-52(45)50)49-43-21-11-10-20-38(43)26-29-47(49)54-48/h1-33H. The molecular formula is C52H33NO2. The Bertz CT molecular complexity index is 3120. The Morgan fingerprint density at radius 3 is 1.55 bits per heavy atom. The second-order valence-electron chi connectivity index (χ2n) is 14.1. The van der Waals surface area contributed by atoms with Crippen LogP contribution in [-0.2, 0) is 0 Å². The van der Waals surface area contributed by atoms with Crippen molar-refractivity contribution in [2.45, 2.75) is 0 Å². The molecule has 9 aromatic carbocycles. The van der Waals surface area contributed by atoms with E-state index in [0.717, 1.165) is 94.1 Å². The van der Waals surface area contributed by atoms with Crippen LogP contribution >= 0.6 is 0 Å². The van der Waals surface area contributed by atoms with E-state index in [0.29, 0.717) is 0 Å². The van der Waals surface area contributed by atoms with Crippen LogP contribution in [0.4, 0.5) is 17.1 Å². The van der Waals surface area contributed by atoms with Gasteiger partial charge in [-0.05, 0) is 86.6 Å². The predicted molar refractivity (Wildman–Crippen MR) is 229 cm³/mol. The van der Waals surface area contributed by atoms with E-state index in [9.17, 15) is 0 Å². The molecule has 0 unspecified atom stereocenters. The second kappa shape index (κ2) is 12.6. The molecular weight excluding hydrogens is 671 g/mol. The first-order valence-corrected chi connectivity index (χ1v) is 18.7. The van der Waals surface area contributed by atoms with Crippen molar-refractivity contribution in [3.63, 3.8) is 0 Å². The van der Waals surface area contributed by atoms with Crippen LogP contribution in [0.2, 0.25) is 0 Å². The van der Waals surface area contributed by atoms with E-state index in [1.54, 1.807) is 0 Å². The van der Waals surface area contributed by atoms with E-state index in [4.69, 9.17) is 8.83 Å². The van der Waals surface area contributed by atoms with Crippen LogP contribution in [0.15, 0.2) is 209 Å². The minimum absolute atomic E-state index is 0.808. The minimum atomic E-state index is 0.808. The topological polar surface area (TPSA) is 29.5 Å². The lowest BCUT2D eigenvalue weighted by atomic mass is 9.96. The van der Waals surface area contributed by atoms with Gasteiger partial charge in [-0.15, -0.1) is 0 Å². The van der Waals surface area contributed by atoms with Crippen molar-refractivity contribution in [3.8, 4) is 33.4 Å². The lowest BCUT2D eigenvalue weighted by molar-refractivity contribution is 0.663. The van der Waals surface area contributed by atoms with Crippen molar-refractivity contribution in [3.05, 3.63) is 200 Å². The predicted octanol–water partition coefficient (Wildman–Crippen LogP) is 15.1. The van der Waals surface area contributed by atoms with Crippen molar-refractivity contribution < 1.29 is 8.83 Å². The number of hydrogen-bond acceptors (Lipinski definition) is 3. The molecule has 3 nitrogen and oxygen atoms in total. The summed E-state index contributed by atoms with van der Waals surface area (Å²) in [6, 6.07) is 70.8. The van der Waals surface area contributed by atoms with E-state index in [-0.39, 0.29) is 0 Å². The lowest BCUT2D eigenvalue weighted by Gasteiger charge is -2.27. The molecule has 2 aromatic heterocycles. The van der Waals surface area contributed by atoms with Crippen LogP contribution in [0.3, 0.4) is 0 Å². The van der Waals surface area contributed by atoms with Crippen LogP contribution < -0.4 is 4.90 Å². The molecule has 0 N–H and O–H groups in total. The fraction of sp³-hybridized carbons (Fsp3) is 0. The Morgan fingerprint density at radius 1 is 0.309 bits per heavy atom. The minimum Gasteiger partial charge on any atom is -0.456 e. The monoisotopic (exact) mass is 703 g/mol. The van der Waals surface area contributed by atoms with Crippen LogP contribution in [0.25, 0.3) is 88.0 Å². The summed E-state index contributed by atoms with van der Waals surface area (Å²) in [6.45, 7) is 0. The summed E-state index contributed by atoms with van der Waals surface area (Å²) in [4.78, 5) is 2.34. The Morgan fingerprint density at radius 2 is 0.873 bits per heavy atom. The molecule has 0 amide bonds. The fourth-order valence-corrected chi connectivity index (χ4v) is 8.26. The van der Waals surface area contributed by atoms with Gasteiger partial charge in [0.25, 0.3) is 0 Å². The molecule has 0 radical (unpaired) electrons. The Kier molecular flexibility index (Phi) is 7.17. The molecule has 55 heavy (non-hydrogen) atoms. The summed E-state index contributed by atoms with van der Waals surface area (Å²) < 4.78 is 13.8. The highest BCUT2D eigenvalue weighted by Gasteiger charge is 2.26. The fourth-order valence-electron chi connectivity index (χ4n) is 8.26. The molecule has 11 aromatic rings. The number of furan rings is 2. The Labute approximate surface area is 317 Å². The largest absolute Gasteiger partial charge is 0.456 e. The Balaban J connectivity index is 1.25. The van der Waals surface area contributed by atoms with Gasteiger partial charge in [0.2, 0.25) is 0 Å². The summed E-state index contributed by atoms with van der Waals surface area (Å²) in [5.41, 5.74) is 13.1. The van der Waals surface area contributed by atoms with Crippen molar-refractivity contribution in [1.29, 1.82) is 0 Å². The van der Waals surface area contributed by atoms with E-state index in [1.165, 1.54) is 10.9 Å². The maximum atomic E-state index is 6.99. The summed E-state index contributed by atoms with van der Waals surface area (Å²) >= 11 is 0. The Hall–Kier alpha value is -7.36. The first-order valence-electron chi connectivity index (χ1n) is 18.7. The highest BCUT2D eigenvalue weighted by Crippen LogP contribution is 2.50. The van der Waals surface area contributed by atoms with Gasteiger partial charge in [-0.25, -0.2) is 0 Å². The third kappa shape index (κ3) is 5.20. The zero-order valence-corrected chi connectivity index (χ0v) is 29.8. The summed E-state index contributed by atoms with van der Waals surface area (Å²) in [5, 5.41) is 6.61. The SMILES string of the molecule is c1ccc(-c2ccc(N(c3cc(-c4ccccc4)cc(-c4ccccc4)c3)c3cc4oc5ccc6ccccc6c5c4c4c3oc3ccccc34)cc2)cc1. The van der Waals surface area contributed by atoms with Crippen LogP contribution in [0.1, 0.15) is 0 Å². The molecule has 0 aliphatic heterocycles. The van der Waals surface area contributed by atoms with Crippen LogP contribution in [-0.4, -0.2) is 0 Å². The van der Waals surface area contributed by atoms with Gasteiger partial charge in [-0.3, -0.25) is 0 Å². The molecule has 258 valence electrons. The number of rotatable bonds is 6. The summed E-state index contributed by atoms with van der Waals surface area (Å²) in [7, 11) is 0. The summed E-state index contributed by atoms with van der Waals surface area (Å²) in [5.74, 6) is 0. The maximum Gasteiger partial charge on any atom is 0.160 e. The molecule has 0 aliphatic carbocycles. The van der Waals surface area contributed by atoms with E-state index in [2.05, 4.69) is 199 Å². The molecule has 2 heterocycles. The molecule has 0 spiro atoms. The van der Waals surface area contributed by atoms with Crippen molar-refractivity contribution in [2.24, 2.45) is 0 Å². The average Bonchev–Trinajstić information content (AvgIpc) is 3.84. The van der Waals surface area contributed by atoms with Gasteiger partial charge >= 0.3 is 0 Å². The maximum absolute atomic E-state index is 6.99. The molecule has 0 saturated carbocycles. The molecule has 0 bridgehead atoms. The normalized spacial score (nSPS) is 11.6. The zero-order chi connectivity index (χ0) is 36.3. The molecule has 0 aliphatic rings. The lowest BCUT2D eigenvalue weighted by Crippen LogP contribution is -2.11. The van der Waals surface area contributed by atoms with Gasteiger partial charge in [-0.1, -0.05) is 152 Å². The van der Waals surface area contributed by atoms with Gasteiger partial charge in [0.1, 0.15) is 16.7 Å². The molecule has 0 atom stereocenters. The van der Waals surface area contributed by atoms with Gasteiger partial charge in [0.15, 0.2) is 5.58 Å². The van der Waals surface area contributed by atoms with E-state index in [1.807, 2.05) is 6.07 Å². The average molecular weight is 704 g/mol. The van der Waals surface area contributed by atoms with Gasteiger partial charge in [0, 0.05) is 39.0 Å². The summed E-state index contributed by atoms with van der Waals surface area (Å²) in [6.07, 6.45) is 0. The molecule has 11 rings (SSSR count). The van der Waals surface area contributed by atoms with Crippen molar-refractivity contribution in [1.82, 2.24) is 0 Å². The number of nitrogens with zero attached hydrogens (tertiary/aromatic N) is 1. The van der Waals surface area contributed by atoms with Crippen molar-refractivity contribution in [2.75, 3.05) is 4.90 Å². The number of para-hydroxylation sites is 1. The highest BCUT2D eigenvalue weighted by atomic mass is 16.3. The van der Waals surface area contributed by atoms with Crippen LogP contribution in [0.5, 0.6) is 0 Å². The third-order valence-corrected chi connectivity index (χ3v) is 10.8. The zero-order valence-electron chi connectivity index (χ0n) is 29.8. The number of hydrogen-bond donors (Lipinski definition) is 0. The second-order valence-corrected chi connectivity index (χ2v) is 14.1. The quantitative estimate of drug-likeness (QED) is 0.173. The molecule has 0 fully saturated rings. The van der Waals surface area contributed by atoms with E-state index >= 15 is 0 Å². The number of anilines is 3. The number of fused-ring (bicyclic) bond motifs is 9. The first-order chi connectivity index (χ1) is 27.3. The van der Waals surface area contributed by atoms with Gasteiger partial charge < -0.3 is 13.7 Å². The molecule has 0 saturated heterocycles. The smallest absolute Gasteiger partial charge is 0.160 e. The molecule has 3 heteroatoms.